The SMILES string of the molecule is Cc1cccc(C2CCCCCN2S(=O)(=O)c2cc(C)ccc2C)c1. The van der Waals surface area contributed by atoms with Crippen molar-refractivity contribution >= 4 is 10.0 Å². The summed E-state index contributed by atoms with van der Waals surface area (Å²) >= 11 is 0. The maximum atomic E-state index is 13.5. The van der Waals surface area contributed by atoms with Gasteiger partial charge in [-0.3, -0.25) is 0 Å². The molecule has 1 aliphatic rings. The summed E-state index contributed by atoms with van der Waals surface area (Å²) in [7, 11) is -3.52. The van der Waals surface area contributed by atoms with Gasteiger partial charge in [-0.2, -0.15) is 4.31 Å². The van der Waals surface area contributed by atoms with Crippen LogP contribution >= 0.6 is 0 Å². The van der Waals surface area contributed by atoms with Crippen molar-refractivity contribution in [3.63, 3.8) is 0 Å². The molecule has 1 unspecified atom stereocenters. The fourth-order valence-electron chi connectivity index (χ4n) is 3.69. The molecule has 0 N–H and O–H groups in total. The summed E-state index contributed by atoms with van der Waals surface area (Å²) in [5.41, 5.74) is 4.07. The maximum absolute atomic E-state index is 13.5. The van der Waals surface area contributed by atoms with Gasteiger partial charge >= 0.3 is 0 Å². The van der Waals surface area contributed by atoms with Gasteiger partial charge in [-0.25, -0.2) is 8.42 Å². The van der Waals surface area contributed by atoms with Gasteiger partial charge in [0.15, 0.2) is 0 Å². The van der Waals surface area contributed by atoms with Crippen LogP contribution in [-0.4, -0.2) is 19.3 Å². The first-order valence-electron chi connectivity index (χ1n) is 9.05. The molecule has 0 saturated carbocycles. The van der Waals surface area contributed by atoms with Crippen molar-refractivity contribution in [3.05, 3.63) is 64.7 Å². The van der Waals surface area contributed by atoms with E-state index in [-0.39, 0.29) is 6.04 Å². The highest BCUT2D eigenvalue weighted by atomic mass is 32.2. The smallest absolute Gasteiger partial charge is 0.207 e. The molecule has 0 amide bonds. The van der Waals surface area contributed by atoms with Crippen LogP contribution in [0.4, 0.5) is 0 Å². The molecule has 0 radical (unpaired) electrons. The van der Waals surface area contributed by atoms with E-state index in [0.717, 1.165) is 42.4 Å². The quantitative estimate of drug-likeness (QED) is 0.782. The molecule has 3 rings (SSSR count). The minimum Gasteiger partial charge on any atom is -0.207 e. The van der Waals surface area contributed by atoms with E-state index in [1.54, 1.807) is 4.31 Å². The van der Waals surface area contributed by atoms with E-state index < -0.39 is 10.0 Å². The summed E-state index contributed by atoms with van der Waals surface area (Å²) in [5, 5.41) is 0. The molecule has 1 atom stereocenters. The van der Waals surface area contributed by atoms with Crippen LogP contribution in [0.1, 0.15) is 54.0 Å². The van der Waals surface area contributed by atoms with Gasteiger partial charge < -0.3 is 0 Å². The predicted molar refractivity (Wildman–Crippen MR) is 102 cm³/mol. The first kappa shape index (κ1) is 18.2. The molecule has 1 fully saturated rings. The average molecular weight is 358 g/mol. The highest BCUT2D eigenvalue weighted by Crippen LogP contribution is 2.35. The van der Waals surface area contributed by atoms with Gasteiger partial charge in [-0.15, -0.1) is 0 Å². The zero-order chi connectivity index (χ0) is 18.0. The summed E-state index contributed by atoms with van der Waals surface area (Å²) in [6.45, 7) is 6.48. The van der Waals surface area contributed by atoms with E-state index >= 15 is 0 Å². The molecule has 2 aromatic rings. The predicted octanol–water partition coefficient (Wildman–Crippen LogP) is 4.92. The molecule has 1 aliphatic heterocycles. The fraction of sp³-hybridized carbons (Fsp3) is 0.429. The van der Waals surface area contributed by atoms with Crippen LogP contribution in [0.2, 0.25) is 0 Å². The van der Waals surface area contributed by atoms with Crippen LogP contribution in [-0.2, 0) is 10.0 Å². The van der Waals surface area contributed by atoms with Crippen molar-refractivity contribution in [1.82, 2.24) is 4.31 Å². The fourth-order valence-corrected chi connectivity index (χ4v) is 5.69. The first-order chi connectivity index (χ1) is 11.9. The minimum absolute atomic E-state index is 0.0766. The lowest BCUT2D eigenvalue weighted by atomic mass is 10.0. The van der Waals surface area contributed by atoms with Gasteiger partial charge in [0.2, 0.25) is 10.0 Å². The Labute approximate surface area is 151 Å². The van der Waals surface area contributed by atoms with Gasteiger partial charge in [-0.1, -0.05) is 54.8 Å². The number of sulfonamides is 1. The van der Waals surface area contributed by atoms with Crippen molar-refractivity contribution in [3.8, 4) is 0 Å². The van der Waals surface area contributed by atoms with Crippen LogP contribution in [0, 0.1) is 20.8 Å². The van der Waals surface area contributed by atoms with E-state index in [2.05, 4.69) is 25.1 Å². The normalized spacial score (nSPS) is 19.6. The Morgan fingerprint density at radius 1 is 0.920 bits per heavy atom. The molecule has 0 bridgehead atoms. The molecular formula is C21H27NO2S. The Balaban J connectivity index is 2.08. The van der Waals surface area contributed by atoms with Crippen molar-refractivity contribution in [1.29, 1.82) is 0 Å². The zero-order valence-electron chi connectivity index (χ0n) is 15.3. The second-order valence-corrected chi connectivity index (χ2v) is 9.02. The highest BCUT2D eigenvalue weighted by molar-refractivity contribution is 7.89. The van der Waals surface area contributed by atoms with E-state index in [1.165, 1.54) is 5.56 Å². The summed E-state index contributed by atoms with van der Waals surface area (Å²) in [6.07, 6.45) is 3.96. The molecule has 4 heteroatoms. The third-order valence-electron chi connectivity index (χ3n) is 5.06. The lowest BCUT2D eigenvalue weighted by Crippen LogP contribution is -2.35. The number of rotatable bonds is 3. The lowest BCUT2D eigenvalue weighted by molar-refractivity contribution is 0.328. The van der Waals surface area contributed by atoms with Crippen LogP contribution in [0.15, 0.2) is 47.4 Å². The molecule has 3 nitrogen and oxygen atoms in total. The number of nitrogens with zero attached hydrogens (tertiary/aromatic N) is 1. The van der Waals surface area contributed by atoms with Gasteiger partial charge in [0.1, 0.15) is 0 Å². The molecule has 25 heavy (non-hydrogen) atoms. The zero-order valence-corrected chi connectivity index (χ0v) is 16.1. The first-order valence-corrected chi connectivity index (χ1v) is 10.5. The van der Waals surface area contributed by atoms with Crippen molar-refractivity contribution in [2.75, 3.05) is 6.54 Å². The van der Waals surface area contributed by atoms with E-state index in [0.29, 0.717) is 11.4 Å². The van der Waals surface area contributed by atoms with Gasteiger partial charge in [0, 0.05) is 6.54 Å². The maximum Gasteiger partial charge on any atom is 0.243 e. The number of benzene rings is 2. The third kappa shape index (κ3) is 3.80. The Morgan fingerprint density at radius 3 is 2.44 bits per heavy atom. The summed E-state index contributed by atoms with van der Waals surface area (Å²) in [6, 6.07) is 13.9. The van der Waals surface area contributed by atoms with Gasteiger partial charge in [-0.05, 0) is 56.4 Å². The molecular weight excluding hydrogens is 330 g/mol. The van der Waals surface area contributed by atoms with E-state index in [1.807, 2.05) is 38.1 Å². The largest absolute Gasteiger partial charge is 0.243 e. The van der Waals surface area contributed by atoms with Crippen molar-refractivity contribution in [2.45, 2.75) is 57.4 Å². The lowest BCUT2D eigenvalue weighted by Gasteiger charge is -2.30. The molecule has 0 aromatic heterocycles. The van der Waals surface area contributed by atoms with Crippen LogP contribution in [0.5, 0.6) is 0 Å². The van der Waals surface area contributed by atoms with Crippen LogP contribution in [0.25, 0.3) is 0 Å². The van der Waals surface area contributed by atoms with Gasteiger partial charge in [0.05, 0.1) is 10.9 Å². The third-order valence-corrected chi connectivity index (χ3v) is 7.11. The van der Waals surface area contributed by atoms with Crippen LogP contribution < -0.4 is 0 Å². The average Bonchev–Trinajstić information content (AvgIpc) is 2.83. The molecule has 2 aromatic carbocycles. The Kier molecular flexibility index (Phi) is 5.30. The Hall–Kier alpha value is -1.65. The Morgan fingerprint density at radius 2 is 1.68 bits per heavy atom. The molecule has 134 valence electrons. The Bertz CT molecular complexity index is 858. The van der Waals surface area contributed by atoms with E-state index in [9.17, 15) is 8.42 Å². The summed E-state index contributed by atoms with van der Waals surface area (Å²) in [5.74, 6) is 0. The molecule has 0 aliphatic carbocycles. The second-order valence-electron chi connectivity index (χ2n) is 7.16. The minimum atomic E-state index is -3.52. The summed E-state index contributed by atoms with van der Waals surface area (Å²) < 4.78 is 28.8. The molecule has 1 heterocycles. The monoisotopic (exact) mass is 357 g/mol. The number of aryl methyl sites for hydroxylation is 3. The standard InChI is InChI=1S/C21H27NO2S/c1-16-8-7-9-19(14-16)20-10-5-4-6-13-22(20)25(23,24)21-15-17(2)11-12-18(21)3/h7-9,11-12,14-15,20H,4-6,10,13H2,1-3H3. The second kappa shape index (κ2) is 7.30. The van der Waals surface area contributed by atoms with Gasteiger partial charge in [0.25, 0.3) is 0 Å². The number of hydrogen-bond donors (Lipinski definition) is 0. The topological polar surface area (TPSA) is 37.4 Å². The molecule has 0 spiro atoms. The van der Waals surface area contributed by atoms with Crippen LogP contribution in [0.3, 0.4) is 0 Å². The summed E-state index contributed by atoms with van der Waals surface area (Å²) in [4.78, 5) is 0.451. The van der Waals surface area contributed by atoms with Crippen molar-refractivity contribution < 1.29 is 8.42 Å². The van der Waals surface area contributed by atoms with E-state index in [4.69, 9.17) is 0 Å². The van der Waals surface area contributed by atoms with Crippen molar-refractivity contribution in [2.24, 2.45) is 0 Å². The number of hydrogen-bond acceptors (Lipinski definition) is 2. The molecule has 1 saturated heterocycles. The highest BCUT2D eigenvalue weighted by Gasteiger charge is 2.34.